The molecule has 1 atom stereocenters. The molecule has 0 heterocycles. The first-order valence-corrected chi connectivity index (χ1v) is 6.30. The first-order valence-electron chi connectivity index (χ1n) is 5.51. The average molecular weight is 301 g/mol. The number of halogens is 1. The van der Waals surface area contributed by atoms with Crippen LogP contribution in [0.5, 0.6) is 0 Å². The summed E-state index contributed by atoms with van der Waals surface area (Å²) in [6, 6.07) is 5.20. The van der Waals surface area contributed by atoms with E-state index in [9.17, 15) is 4.79 Å². The Kier molecular flexibility index (Phi) is 5.44. The van der Waals surface area contributed by atoms with Crippen LogP contribution in [0.25, 0.3) is 0 Å². The zero-order valence-corrected chi connectivity index (χ0v) is 11.5. The number of urea groups is 1. The third-order valence-corrected chi connectivity index (χ3v) is 3.11. The molecular weight excluding hydrogens is 284 g/mol. The van der Waals surface area contributed by atoms with Gasteiger partial charge < -0.3 is 15.7 Å². The minimum Gasteiger partial charge on any atom is -0.394 e. The number of hydrogen-bond donors (Lipinski definition) is 3. The van der Waals surface area contributed by atoms with Crippen molar-refractivity contribution in [3.8, 4) is 0 Å². The van der Waals surface area contributed by atoms with E-state index in [1.54, 1.807) is 0 Å². The Labute approximate surface area is 110 Å². The largest absolute Gasteiger partial charge is 0.394 e. The third-order valence-electron chi connectivity index (χ3n) is 2.42. The summed E-state index contributed by atoms with van der Waals surface area (Å²) in [5.41, 5.74) is 1.79. The Hall–Kier alpha value is -1.07. The van der Waals surface area contributed by atoms with Crippen molar-refractivity contribution in [3.63, 3.8) is 0 Å². The van der Waals surface area contributed by atoms with E-state index in [0.717, 1.165) is 15.7 Å². The van der Waals surface area contributed by atoms with E-state index in [-0.39, 0.29) is 18.7 Å². The highest BCUT2D eigenvalue weighted by molar-refractivity contribution is 9.10. The molecular formula is C12H17BrN2O2. The van der Waals surface area contributed by atoms with Crippen LogP contribution in [0.15, 0.2) is 22.7 Å². The van der Waals surface area contributed by atoms with Crippen molar-refractivity contribution in [1.82, 2.24) is 5.32 Å². The maximum atomic E-state index is 11.7. The van der Waals surface area contributed by atoms with Crippen LogP contribution >= 0.6 is 15.9 Å². The fourth-order valence-corrected chi connectivity index (χ4v) is 1.70. The van der Waals surface area contributed by atoms with Gasteiger partial charge in [0.15, 0.2) is 0 Å². The van der Waals surface area contributed by atoms with Gasteiger partial charge in [0.05, 0.1) is 18.3 Å². The van der Waals surface area contributed by atoms with Crippen LogP contribution in [0.4, 0.5) is 10.5 Å². The van der Waals surface area contributed by atoms with Gasteiger partial charge in [-0.1, -0.05) is 13.0 Å². The lowest BCUT2D eigenvalue weighted by Crippen LogP contribution is -2.39. The van der Waals surface area contributed by atoms with Gasteiger partial charge in [0.2, 0.25) is 0 Å². The number of rotatable bonds is 4. The van der Waals surface area contributed by atoms with Crippen LogP contribution in [-0.4, -0.2) is 23.8 Å². The van der Waals surface area contributed by atoms with Crippen molar-refractivity contribution >= 4 is 27.6 Å². The molecule has 0 spiro atoms. The molecule has 0 aliphatic rings. The second kappa shape index (κ2) is 6.61. The molecule has 1 aromatic carbocycles. The van der Waals surface area contributed by atoms with Crippen LogP contribution in [0.1, 0.15) is 18.9 Å². The van der Waals surface area contributed by atoms with E-state index in [4.69, 9.17) is 5.11 Å². The molecule has 17 heavy (non-hydrogen) atoms. The second-order valence-corrected chi connectivity index (χ2v) is 4.72. The Morgan fingerprint density at radius 3 is 2.82 bits per heavy atom. The maximum absolute atomic E-state index is 11.7. The number of anilines is 1. The lowest BCUT2D eigenvalue weighted by molar-refractivity contribution is 0.222. The molecule has 0 fully saturated rings. The number of carbonyl (C=O) groups excluding carboxylic acids is 1. The predicted octanol–water partition coefficient (Wildman–Crippen LogP) is 2.65. The Morgan fingerprint density at radius 1 is 1.53 bits per heavy atom. The van der Waals surface area contributed by atoms with Crippen molar-refractivity contribution in [2.45, 2.75) is 26.3 Å². The number of carbonyl (C=O) groups is 1. The molecule has 5 heteroatoms. The molecule has 0 saturated carbocycles. The van der Waals surface area contributed by atoms with Crippen molar-refractivity contribution in [1.29, 1.82) is 0 Å². The van der Waals surface area contributed by atoms with Crippen molar-refractivity contribution in [2.24, 2.45) is 0 Å². The number of nitrogens with one attached hydrogen (secondary N) is 2. The van der Waals surface area contributed by atoms with Crippen LogP contribution < -0.4 is 10.6 Å². The minimum absolute atomic E-state index is 0.0566. The molecule has 0 saturated heterocycles. The van der Waals surface area contributed by atoms with Crippen LogP contribution in [-0.2, 0) is 0 Å². The number of amides is 2. The fourth-order valence-electron chi connectivity index (χ4n) is 1.36. The first kappa shape index (κ1) is 14.0. The molecule has 1 unspecified atom stereocenters. The summed E-state index contributed by atoms with van der Waals surface area (Å²) in [5.74, 6) is 0. The van der Waals surface area contributed by atoms with Gasteiger partial charge in [-0.05, 0) is 47.0 Å². The van der Waals surface area contributed by atoms with Crippen LogP contribution in [0, 0.1) is 6.92 Å². The van der Waals surface area contributed by atoms with E-state index in [0.29, 0.717) is 6.42 Å². The molecule has 3 N–H and O–H groups in total. The van der Waals surface area contributed by atoms with Crippen LogP contribution in [0.2, 0.25) is 0 Å². The first-order chi connectivity index (χ1) is 8.06. The minimum atomic E-state index is -0.308. The van der Waals surface area contributed by atoms with E-state index in [1.165, 1.54) is 0 Å². The lowest BCUT2D eigenvalue weighted by atomic mass is 10.2. The summed E-state index contributed by atoms with van der Waals surface area (Å²) in [5, 5.41) is 14.4. The highest BCUT2D eigenvalue weighted by Crippen LogP contribution is 2.23. The Morgan fingerprint density at radius 2 is 2.24 bits per heavy atom. The number of hydrogen-bond acceptors (Lipinski definition) is 2. The van der Waals surface area contributed by atoms with Gasteiger partial charge in [-0.3, -0.25) is 0 Å². The molecule has 0 aromatic heterocycles. The van der Waals surface area contributed by atoms with E-state index >= 15 is 0 Å². The molecule has 0 aliphatic heterocycles. The topological polar surface area (TPSA) is 61.4 Å². The molecule has 0 bridgehead atoms. The molecule has 1 aromatic rings. The molecule has 2 amide bonds. The molecule has 94 valence electrons. The quantitative estimate of drug-likeness (QED) is 0.800. The fraction of sp³-hybridized carbons (Fsp3) is 0.417. The number of aliphatic hydroxyl groups excluding tert-OH is 1. The van der Waals surface area contributed by atoms with Gasteiger partial charge in [-0.25, -0.2) is 4.79 Å². The standard InChI is InChI=1S/C12H17BrN2O2/c1-3-9(7-16)14-12(17)15-11-6-8(2)4-5-10(11)13/h4-6,9,16H,3,7H2,1-2H3,(H2,14,15,17). The van der Waals surface area contributed by atoms with Gasteiger partial charge in [0, 0.05) is 4.47 Å². The average Bonchev–Trinajstić information content (AvgIpc) is 2.31. The SMILES string of the molecule is CCC(CO)NC(=O)Nc1cc(C)ccc1Br. The van der Waals surface area contributed by atoms with Gasteiger partial charge in [0.1, 0.15) is 0 Å². The summed E-state index contributed by atoms with van der Waals surface area (Å²) >= 11 is 3.37. The van der Waals surface area contributed by atoms with Crippen molar-refractivity contribution in [2.75, 3.05) is 11.9 Å². The molecule has 0 aliphatic carbocycles. The summed E-state index contributed by atoms with van der Waals surface area (Å²) in [7, 11) is 0. The second-order valence-electron chi connectivity index (χ2n) is 3.87. The van der Waals surface area contributed by atoms with Crippen molar-refractivity contribution < 1.29 is 9.90 Å². The summed E-state index contributed by atoms with van der Waals surface area (Å²) < 4.78 is 0.829. The van der Waals surface area contributed by atoms with Gasteiger partial charge in [0.25, 0.3) is 0 Å². The third kappa shape index (κ3) is 4.36. The van der Waals surface area contributed by atoms with E-state index < -0.39 is 0 Å². The summed E-state index contributed by atoms with van der Waals surface area (Å²) in [6.07, 6.45) is 0.693. The van der Waals surface area contributed by atoms with Crippen molar-refractivity contribution in [3.05, 3.63) is 28.2 Å². The lowest BCUT2D eigenvalue weighted by Gasteiger charge is -2.15. The smallest absolute Gasteiger partial charge is 0.319 e. The Bertz CT molecular complexity index is 392. The molecule has 4 nitrogen and oxygen atoms in total. The zero-order chi connectivity index (χ0) is 12.8. The normalized spacial score (nSPS) is 12.0. The van der Waals surface area contributed by atoms with E-state index in [2.05, 4.69) is 26.6 Å². The maximum Gasteiger partial charge on any atom is 0.319 e. The Balaban J connectivity index is 2.64. The zero-order valence-electron chi connectivity index (χ0n) is 9.96. The van der Waals surface area contributed by atoms with E-state index in [1.807, 2.05) is 32.0 Å². The summed E-state index contributed by atoms with van der Waals surface area (Å²) in [4.78, 5) is 11.7. The highest BCUT2D eigenvalue weighted by Gasteiger charge is 2.10. The molecule has 1 rings (SSSR count). The monoisotopic (exact) mass is 300 g/mol. The van der Waals surface area contributed by atoms with Gasteiger partial charge >= 0.3 is 6.03 Å². The predicted molar refractivity (Wildman–Crippen MR) is 72.2 cm³/mol. The summed E-state index contributed by atoms with van der Waals surface area (Å²) in [6.45, 7) is 3.81. The van der Waals surface area contributed by atoms with Crippen LogP contribution in [0.3, 0.4) is 0 Å². The molecule has 0 radical (unpaired) electrons. The van der Waals surface area contributed by atoms with Gasteiger partial charge in [-0.15, -0.1) is 0 Å². The number of aliphatic hydroxyl groups is 1. The highest BCUT2D eigenvalue weighted by atomic mass is 79.9. The number of benzene rings is 1. The van der Waals surface area contributed by atoms with Gasteiger partial charge in [-0.2, -0.15) is 0 Å². The number of aryl methyl sites for hydroxylation is 1.